The standard InChI is InChI=1S/C28H36F3N3O5/c1-34(2)15-5-4-6-25(35)33-27(13-16-38-17-14-27)26(36)32-19-20-7-9-21(10-8-20)39-24-12-11-22(37-3)18-23(24)28(29,30)31/h7-12,18H,4-6,13-17,19H2,1-3H3,(H,32,36)(H,33,35). The predicted octanol–water partition coefficient (Wildman–Crippen LogP) is 4.52. The highest BCUT2D eigenvalue weighted by Gasteiger charge is 2.41. The summed E-state index contributed by atoms with van der Waals surface area (Å²) in [6.07, 6.45) is -1.91. The Balaban J connectivity index is 1.60. The molecular formula is C28H36F3N3O5. The van der Waals surface area contributed by atoms with Crippen LogP contribution in [0.25, 0.3) is 0 Å². The molecule has 39 heavy (non-hydrogen) atoms. The number of unbranched alkanes of at least 4 members (excludes halogenated alkanes) is 1. The third kappa shape index (κ3) is 8.86. The summed E-state index contributed by atoms with van der Waals surface area (Å²) >= 11 is 0. The summed E-state index contributed by atoms with van der Waals surface area (Å²) in [5.74, 6) is -0.514. The Morgan fingerprint density at radius 2 is 1.69 bits per heavy atom. The van der Waals surface area contributed by atoms with Gasteiger partial charge in [-0.2, -0.15) is 13.2 Å². The van der Waals surface area contributed by atoms with E-state index in [-0.39, 0.29) is 35.6 Å². The first-order valence-corrected chi connectivity index (χ1v) is 12.9. The quantitative estimate of drug-likeness (QED) is 0.377. The van der Waals surface area contributed by atoms with E-state index in [0.717, 1.165) is 31.0 Å². The van der Waals surface area contributed by atoms with Gasteiger partial charge in [0.05, 0.1) is 7.11 Å². The Morgan fingerprint density at radius 1 is 1.03 bits per heavy atom. The van der Waals surface area contributed by atoms with Crippen molar-refractivity contribution in [2.45, 2.75) is 50.4 Å². The summed E-state index contributed by atoms with van der Waals surface area (Å²) in [7, 11) is 5.25. The molecule has 2 aromatic carbocycles. The number of ether oxygens (including phenoxy) is 3. The van der Waals surface area contributed by atoms with Gasteiger partial charge in [0.1, 0.15) is 28.4 Å². The SMILES string of the molecule is COc1ccc(Oc2ccc(CNC(=O)C3(NC(=O)CCCCN(C)C)CCOCC3)cc2)c(C(F)(F)F)c1. The topological polar surface area (TPSA) is 89.1 Å². The molecule has 1 aliphatic rings. The van der Waals surface area contributed by atoms with Crippen molar-refractivity contribution < 1.29 is 37.0 Å². The smallest absolute Gasteiger partial charge is 0.420 e. The zero-order valence-corrected chi connectivity index (χ0v) is 22.5. The van der Waals surface area contributed by atoms with E-state index in [1.54, 1.807) is 12.1 Å². The van der Waals surface area contributed by atoms with Crippen molar-refractivity contribution >= 4 is 11.8 Å². The highest BCUT2D eigenvalue weighted by Crippen LogP contribution is 2.40. The third-order valence-electron chi connectivity index (χ3n) is 6.52. The second kappa shape index (κ2) is 13.7. The van der Waals surface area contributed by atoms with Crippen molar-refractivity contribution in [1.82, 2.24) is 15.5 Å². The number of alkyl halides is 3. The second-order valence-corrected chi connectivity index (χ2v) is 9.79. The first kappa shape index (κ1) is 30.2. The normalized spacial score (nSPS) is 15.1. The molecule has 2 amide bonds. The van der Waals surface area contributed by atoms with Crippen molar-refractivity contribution in [2.24, 2.45) is 0 Å². The van der Waals surface area contributed by atoms with Crippen LogP contribution in [0.3, 0.4) is 0 Å². The molecule has 0 atom stereocenters. The number of nitrogens with one attached hydrogen (secondary N) is 2. The van der Waals surface area contributed by atoms with Gasteiger partial charge in [-0.1, -0.05) is 12.1 Å². The van der Waals surface area contributed by atoms with E-state index >= 15 is 0 Å². The van der Waals surface area contributed by atoms with Crippen molar-refractivity contribution in [3.8, 4) is 17.2 Å². The molecule has 0 radical (unpaired) electrons. The first-order valence-electron chi connectivity index (χ1n) is 12.9. The molecule has 3 rings (SSSR count). The average Bonchev–Trinajstić information content (AvgIpc) is 2.90. The van der Waals surface area contributed by atoms with Crippen molar-refractivity contribution in [3.05, 3.63) is 53.6 Å². The predicted molar refractivity (Wildman–Crippen MR) is 140 cm³/mol. The summed E-state index contributed by atoms with van der Waals surface area (Å²) in [5, 5.41) is 5.84. The van der Waals surface area contributed by atoms with Crippen LogP contribution >= 0.6 is 0 Å². The van der Waals surface area contributed by atoms with Gasteiger partial charge >= 0.3 is 6.18 Å². The first-order chi connectivity index (χ1) is 18.5. The molecule has 214 valence electrons. The molecule has 1 fully saturated rings. The number of carbonyl (C=O) groups excluding carboxylic acids is 2. The van der Waals surface area contributed by atoms with E-state index < -0.39 is 17.3 Å². The van der Waals surface area contributed by atoms with Gasteiger partial charge < -0.3 is 29.7 Å². The zero-order valence-electron chi connectivity index (χ0n) is 22.5. The lowest BCUT2D eigenvalue weighted by Crippen LogP contribution is -2.61. The van der Waals surface area contributed by atoms with Gasteiger partial charge in [-0.25, -0.2) is 0 Å². The van der Waals surface area contributed by atoms with E-state index in [1.807, 2.05) is 14.1 Å². The summed E-state index contributed by atoms with van der Waals surface area (Å²) in [5.41, 5.74) is -1.26. The number of benzene rings is 2. The lowest BCUT2D eigenvalue weighted by molar-refractivity contribution is -0.138. The molecule has 1 saturated heterocycles. The number of carbonyl (C=O) groups is 2. The van der Waals surface area contributed by atoms with Crippen LogP contribution in [-0.2, 0) is 27.0 Å². The van der Waals surface area contributed by atoms with Gasteiger partial charge in [0.2, 0.25) is 11.8 Å². The van der Waals surface area contributed by atoms with Crippen LogP contribution in [0.5, 0.6) is 17.2 Å². The maximum atomic E-state index is 13.5. The van der Waals surface area contributed by atoms with Gasteiger partial charge in [-0.05, 0) is 69.4 Å². The average molecular weight is 552 g/mol. The Morgan fingerprint density at radius 3 is 2.31 bits per heavy atom. The number of amides is 2. The maximum absolute atomic E-state index is 13.5. The van der Waals surface area contributed by atoms with E-state index in [9.17, 15) is 22.8 Å². The lowest BCUT2D eigenvalue weighted by atomic mass is 9.88. The van der Waals surface area contributed by atoms with Crippen molar-refractivity contribution in [1.29, 1.82) is 0 Å². The Kier molecular flexibility index (Phi) is 10.6. The zero-order chi connectivity index (χ0) is 28.5. The Labute approximate surface area is 226 Å². The molecule has 11 heteroatoms. The van der Waals surface area contributed by atoms with Crippen molar-refractivity contribution in [3.63, 3.8) is 0 Å². The fourth-order valence-corrected chi connectivity index (χ4v) is 4.27. The molecule has 1 aliphatic heterocycles. The van der Waals surface area contributed by atoms with Gasteiger partial charge in [0.15, 0.2) is 0 Å². The summed E-state index contributed by atoms with van der Waals surface area (Å²) in [6.45, 7) is 1.80. The van der Waals surface area contributed by atoms with E-state index in [1.165, 1.54) is 31.4 Å². The van der Waals surface area contributed by atoms with Crippen LogP contribution < -0.4 is 20.1 Å². The van der Waals surface area contributed by atoms with Crippen molar-refractivity contribution in [2.75, 3.05) is 41.0 Å². The minimum atomic E-state index is -4.62. The Bertz CT molecular complexity index is 1100. The van der Waals surface area contributed by atoms with Crippen LogP contribution in [0, 0.1) is 0 Å². The van der Waals surface area contributed by atoms with Gasteiger partial charge in [0, 0.05) is 39.0 Å². The number of hydrogen-bond donors (Lipinski definition) is 2. The molecule has 8 nitrogen and oxygen atoms in total. The van der Waals surface area contributed by atoms with Crippen LogP contribution in [0.1, 0.15) is 43.2 Å². The van der Waals surface area contributed by atoms with Crippen LogP contribution in [-0.4, -0.2) is 63.2 Å². The van der Waals surface area contributed by atoms with Crippen LogP contribution in [0.4, 0.5) is 13.2 Å². The number of methoxy groups -OCH3 is 1. The fraction of sp³-hybridized carbons (Fsp3) is 0.500. The van der Waals surface area contributed by atoms with Crippen LogP contribution in [0.2, 0.25) is 0 Å². The molecule has 0 spiro atoms. The monoisotopic (exact) mass is 551 g/mol. The summed E-state index contributed by atoms with van der Waals surface area (Å²) in [6, 6.07) is 9.87. The molecular weight excluding hydrogens is 515 g/mol. The van der Waals surface area contributed by atoms with Gasteiger partial charge in [0.25, 0.3) is 0 Å². The number of hydrogen-bond acceptors (Lipinski definition) is 6. The van der Waals surface area contributed by atoms with Gasteiger partial charge in [-0.15, -0.1) is 0 Å². The molecule has 0 saturated carbocycles. The number of rotatable bonds is 12. The summed E-state index contributed by atoms with van der Waals surface area (Å²) < 4.78 is 56.2. The molecule has 1 heterocycles. The lowest BCUT2D eigenvalue weighted by Gasteiger charge is -2.36. The molecule has 2 N–H and O–H groups in total. The van der Waals surface area contributed by atoms with Gasteiger partial charge in [-0.3, -0.25) is 9.59 Å². The van der Waals surface area contributed by atoms with Crippen LogP contribution in [0.15, 0.2) is 42.5 Å². The maximum Gasteiger partial charge on any atom is 0.420 e. The van der Waals surface area contributed by atoms with E-state index in [4.69, 9.17) is 14.2 Å². The fourth-order valence-electron chi connectivity index (χ4n) is 4.27. The third-order valence-corrected chi connectivity index (χ3v) is 6.52. The Hall–Kier alpha value is -3.31. The molecule has 0 aromatic heterocycles. The molecule has 2 aromatic rings. The van der Waals surface area contributed by atoms with E-state index in [2.05, 4.69) is 15.5 Å². The number of nitrogens with zero attached hydrogens (tertiary/aromatic N) is 1. The molecule has 0 aliphatic carbocycles. The van der Waals surface area contributed by atoms with E-state index in [0.29, 0.717) is 32.5 Å². The minimum absolute atomic E-state index is 0.0728. The molecule has 0 unspecified atom stereocenters. The highest BCUT2D eigenvalue weighted by molar-refractivity contribution is 5.91. The minimum Gasteiger partial charge on any atom is -0.497 e. The summed E-state index contributed by atoms with van der Waals surface area (Å²) in [4.78, 5) is 27.9. The second-order valence-electron chi connectivity index (χ2n) is 9.79. The number of halogens is 3. The molecule has 0 bridgehead atoms. The largest absolute Gasteiger partial charge is 0.497 e. The highest BCUT2D eigenvalue weighted by atomic mass is 19.4.